The predicted molar refractivity (Wildman–Crippen MR) is 118 cm³/mol. The normalized spacial score (nSPS) is 27.4. The summed E-state index contributed by atoms with van der Waals surface area (Å²) >= 11 is 0. The molecule has 3 aliphatic heterocycles. The lowest BCUT2D eigenvalue weighted by Gasteiger charge is -2.36. The molecular weight excluding hydrogens is 510 g/mol. The van der Waals surface area contributed by atoms with E-state index in [4.69, 9.17) is 4.74 Å². The van der Waals surface area contributed by atoms with Crippen LogP contribution in [0.4, 0.5) is 32.2 Å². The highest BCUT2D eigenvalue weighted by Crippen LogP contribution is 2.31. The Morgan fingerprint density at radius 1 is 1.08 bits per heavy atom. The Bertz CT molecular complexity index is 952. The monoisotopic (exact) mass is 538 g/mol. The standard InChI is InChI=1S/C22H28F6N6O3/c23-21(24,25)13-1-4-17(30-10-13)33-5-7-34(8-6-33)18(35)9-14-2-3-15(37-14)11-29-16-12-31-32-20(36)19(16)22(26,27)28/h1,4,10,14-16,19,29,31H,2-3,5-9,11-12H2,(H,32,36)/t14-,15-,16?,19?/m0/s1. The van der Waals surface area contributed by atoms with E-state index in [0.717, 1.165) is 12.3 Å². The van der Waals surface area contributed by atoms with Crippen LogP contribution in [0.5, 0.6) is 0 Å². The molecule has 4 atom stereocenters. The number of alkyl halides is 6. The van der Waals surface area contributed by atoms with Crippen LogP contribution in [0.2, 0.25) is 0 Å². The molecule has 206 valence electrons. The molecule has 1 aromatic heterocycles. The summed E-state index contributed by atoms with van der Waals surface area (Å²) in [5, 5.41) is 2.78. The van der Waals surface area contributed by atoms with E-state index >= 15 is 0 Å². The van der Waals surface area contributed by atoms with Gasteiger partial charge >= 0.3 is 12.4 Å². The van der Waals surface area contributed by atoms with Crippen LogP contribution in [-0.4, -0.2) is 85.4 Å². The molecule has 0 bridgehead atoms. The fourth-order valence-corrected chi connectivity index (χ4v) is 4.81. The van der Waals surface area contributed by atoms with Crippen LogP contribution in [-0.2, 0) is 20.5 Å². The minimum Gasteiger partial charge on any atom is -0.373 e. The van der Waals surface area contributed by atoms with Crippen molar-refractivity contribution in [2.24, 2.45) is 5.92 Å². The van der Waals surface area contributed by atoms with E-state index in [1.165, 1.54) is 6.07 Å². The van der Waals surface area contributed by atoms with Crippen molar-refractivity contribution < 1.29 is 40.7 Å². The van der Waals surface area contributed by atoms with Gasteiger partial charge in [0.15, 0.2) is 5.92 Å². The molecule has 2 unspecified atom stereocenters. The van der Waals surface area contributed by atoms with E-state index in [0.29, 0.717) is 44.8 Å². The molecule has 0 saturated carbocycles. The lowest BCUT2D eigenvalue weighted by molar-refractivity contribution is -0.193. The number of anilines is 1. The van der Waals surface area contributed by atoms with Crippen LogP contribution in [0.3, 0.4) is 0 Å². The Morgan fingerprint density at radius 2 is 1.78 bits per heavy atom. The molecule has 0 aliphatic carbocycles. The number of nitrogens with one attached hydrogen (secondary N) is 3. The summed E-state index contributed by atoms with van der Waals surface area (Å²) in [4.78, 5) is 31.8. The number of piperazine rings is 1. The number of hydrogen-bond acceptors (Lipinski definition) is 7. The van der Waals surface area contributed by atoms with Crippen molar-refractivity contribution in [3.63, 3.8) is 0 Å². The maximum absolute atomic E-state index is 13.3. The summed E-state index contributed by atoms with van der Waals surface area (Å²) in [6.45, 7) is 1.65. The highest BCUT2D eigenvalue weighted by atomic mass is 19.4. The second-order valence-electron chi connectivity index (χ2n) is 9.34. The van der Waals surface area contributed by atoms with Gasteiger partial charge in [0.2, 0.25) is 11.8 Å². The molecule has 3 N–H and O–H groups in total. The fourth-order valence-electron chi connectivity index (χ4n) is 4.81. The summed E-state index contributed by atoms with van der Waals surface area (Å²) in [6.07, 6.45) is -7.79. The van der Waals surface area contributed by atoms with E-state index in [9.17, 15) is 35.9 Å². The Morgan fingerprint density at radius 3 is 2.41 bits per heavy atom. The number of nitrogens with zero attached hydrogens (tertiary/aromatic N) is 3. The molecule has 1 aromatic rings. The molecule has 3 aliphatic rings. The third kappa shape index (κ3) is 6.82. The van der Waals surface area contributed by atoms with E-state index in [1.54, 1.807) is 4.90 Å². The van der Waals surface area contributed by atoms with Gasteiger partial charge in [-0.3, -0.25) is 15.0 Å². The van der Waals surface area contributed by atoms with Crippen LogP contribution in [0, 0.1) is 5.92 Å². The van der Waals surface area contributed by atoms with Crippen molar-refractivity contribution in [1.82, 2.24) is 26.1 Å². The number of hydrogen-bond donors (Lipinski definition) is 3. The molecular formula is C22H28F6N6O3. The third-order valence-corrected chi connectivity index (χ3v) is 6.81. The van der Waals surface area contributed by atoms with Crippen molar-refractivity contribution in [1.29, 1.82) is 0 Å². The number of amides is 2. The van der Waals surface area contributed by atoms with Crippen molar-refractivity contribution in [2.45, 2.75) is 49.9 Å². The SMILES string of the molecule is O=C1NNCC(NC[C@@H]2CC[C@@H](CC(=O)N3CCN(c4ccc(C(F)(F)F)cn4)CC3)O2)C1C(F)(F)F. The van der Waals surface area contributed by atoms with Gasteiger partial charge in [0, 0.05) is 51.5 Å². The van der Waals surface area contributed by atoms with Gasteiger partial charge in [0.1, 0.15) is 5.82 Å². The average Bonchev–Trinajstić information content (AvgIpc) is 3.28. The van der Waals surface area contributed by atoms with Crippen LogP contribution in [0.15, 0.2) is 18.3 Å². The van der Waals surface area contributed by atoms with Crippen LogP contribution < -0.4 is 21.1 Å². The molecule has 3 saturated heterocycles. The number of ether oxygens (including phenoxy) is 1. The Hall–Kier alpha value is -2.65. The average molecular weight is 538 g/mol. The largest absolute Gasteiger partial charge is 0.417 e. The van der Waals surface area contributed by atoms with Crippen molar-refractivity contribution in [3.8, 4) is 0 Å². The summed E-state index contributed by atoms with van der Waals surface area (Å²) in [7, 11) is 0. The molecule has 4 rings (SSSR count). The third-order valence-electron chi connectivity index (χ3n) is 6.81. The number of rotatable bonds is 6. The summed E-state index contributed by atoms with van der Waals surface area (Å²) in [5.74, 6) is -3.01. The zero-order valence-electron chi connectivity index (χ0n) is 19.7. The van der Waals surface area contributed by atoms with Gasteiger partial charge in [0.05, 0.1) is 24.2 Å². The minimum atomic E-state index is -4.68. The number of carbonyl (C=O) groups is 2. The molecule has 15 heteroatoms. The van der Waals surface area contributed by atoms with Crippen LogP contribution in [0.25, 0.3) is 0 Å². The molecule has 0 aromatic carbocycles. The van der Waals surface area contributed by atoms with Crippen LogP contribution in [0.1, 0.15) is 24.8 Å². The number of pyridine rings is 1. The van der Waals surface area contributed by atoms with Gasteiger partial charge in [-0.05, 0) is 25.0 Å². The number of halogens is 6. The Balaban J connectivity index is 1.20. The second kappa shape index (κ2) is 11.0. The Kier molecular flexibility index (Phi) is 8.14. The van der Waals surface area contributed by atoms with Gasteiger partial charge in [0.25, 0.3) is 0 Å². The van der Waals surface area contributed by atoms with Crippen LogP contribution >= 0.6 is 0 Å². The van der Waals surface area contributed by atoms with Crippen molar-refractivity contribution in [2.75, 3.05) is 44.2 Å². The molecule has 3 fully saturated rings. The summed E-state index contributed by atoms with van der Waals surface area (Å²) in [6, 6.07) is 1.16. The first-order valence-corrected chi connectivity index (χ1v) is 12.0. The van der Waals surface area contributed by atoms with Gasteiger partial charge in [-0.25, -0.2) is 10.4 Å². The summed E-state index contributed by atoms with van der Waals surface area (Å²) in [5.41, 5.74) is 3.63. The topological polar surface area (TPSA) is 98.8 Å². The smallest absolute Gasteiger partial charge is 0.373 e. The van der Waals surface area contributed by atoms with E-state index in [1.807, 2.05) is 10.3 Å². The fraction of sp³-hybridized carbons (Fsp3) is 0.682. The number of aromatic nitrogens is 1. The highest BCUT2D eigenvalue weighted by molar-refractivity contribution is 5.80. The zero-order valence-corrected chi connectivity index (χ0v) is 19.7. The summed E-state index contributed by atoms with van der Waals surface area (Å²) < 4.78 is 83.8. The van der Waals surface area contributed by atoms with Gasteiger partial charge in [-0.1, -0.05) is 0 Å². The number of carbonyl (C=O) groups excluding carboxylic acids is 2. The molecule has 2 amide bonds. The molecule has 0 radical (unpaired) electrons. The van der Waals surface area contributed by atoms with E-state index in [-0.39, 0.29) is 37.6 Å². The van der Waals surface area contributed by atoms with Gasteiger partial charge < -0.3 is 19.9 Å². The maximum atomic E-state index is 13.3. The van der Waals surface area contributed by atoms with Crippen molar-refractivity contribution >= 4 is 17.6 Å². The highest BCUT2D eigenvalue weighted by Gasteiger charge is 2.51. The molecule has 9 nitrogen and oxygen atoms in total. The molecule has 4 heterocycles. The number of hydrazine groups is 1. The lowest BCUT2D eigenvalue weighted by atomic mass is 9.96. The predicted octanol–water partition coefficient (Wildman–Crippen LogP) is 1.46. The van der Waals surface area contributed by atoms with Gasteiger partial charge in [-0.15, -0.1) is 0 Å². The lowest BCUT2D eigenvalue weighted by Crippen LogP contribution is -2.64. The first-order chi connectivity index (χ1) is 17.4. The maximum Gasteiger partial charge on any atom is 0.417 e. The van der Waals surface area contributed by atoms with Crippen molar-refractivity contribution in [3.05, 3.63) is 23.9 Å². The first-order valence-electron chi connectivity index (χ1n) is 12.0. The minimum absolute atomic E-state index is 0.0848. The van der Waals surface area contributed by atoms with E-state index in [2.05, 4.69) is 15.7 Å². The van der Waals surface area contributed by atoms with E-state index < -0.39 is 35.8 Å². The van der Waals surface area contributed by atoms with Gasteiger partial charge in [-0.2, -0.15) is 26.3 Å². The second-order valence-corrected chi connectivity index (χ2v) is 9.34. The molecule has 37 heavy (non-hydrogen) atoms. The quantitative estimate of drug-likeness (QED) is 0.472. The Labute approximate surface area is 208 Å². The molecule has 0 spiro atoms. The first kappa shape index (κ1) is 27.4. The zero-order chi connectivity index (χ0) is 26.8.